The van der Waals surface area contributed by atoms with E-state index in [2.05, 4.69) is 15.3 Å². The highest BCUT2D eigenvalue weighted by Crippen LogP contribution is 2.18. The van der Waals surface area contributed by atoms with E-state index in [1.54, 1.807) is 54.5 Å². The second-order valence-corrected chi connectivity index (χ2v) is 7.03. The molecule has 156 valence electrons. The van der Waals surface area contributed by atoms with Crippen LogP contribution in [0.25, 0.3) is 10.9 Å². The first-order valence-corrected chi connectivity index (χ1v) is 9.84. The number of methoxy groups -OCH3 is 1. The number of carbonyl (C=O) groups is 1. The molecule has 7 nitrogen and oxygen atoms in total. The third-order valence-electron chi connectivity index (χ3n) is 4.83. The van der Waals surface area contributed by atoms with Crippen LogP contribution in [-0.2, 0) is 13.1 Å². The number of carbonyl (C=O) groups excluding carboxylic acids is 1. The number of fused-ring (bicyclic) bond motifs is 1. The van der Waals surface area contributed by atoms with Gasteiger partial charge < -0.3 is 19.9 Å². The van der Waals surface area contributed by atoms with E-state index in [9.17, 15) is 9.59 Å². The van der Waals surface area contributed by atoms with E-state index in [1.165, 1.54) is 0 Å². The van der Waals surface area contributed by atoms with Gasteiger partial charge in [0.05, 0.1) is 24.6 Å². The number of para-hydroxylation sites is 1. The summed E-state index contributed by atoms with van der Waals surface area (Å²) in [6, 6.07) is 23.6. The monoisotopic (exact) mass is 414 g/mol. The van der Waals surface area contributed by atoms with Gasteiger partial charge in [-0.25, -0.2) is 9.78 Å². The molecule has 0 aliphatic heterocycles. The van der Waals surface area contributed by atoms with Crippen molar-refractivity contribution < 1.29 is 9.53 Å². The highest BCUT2D eigenvalue weighted by atomic mass is 16.5. The second kappa shape index (κ2) is 9.13. The van der Waals surface area contributed by atoms with Gasteiger partial charge in [0.1, 0.15) is 11.6 Å². The van der Waals surface area contributed by atoms with Crippen LogP contribution in [-0.4, -0.2) is 28.0 Å². The molecule has 0 spiro atoms. The number of anilines is 1. The molecule has 0 aliphatic carbocycles. The Morgan fingerprint density at radius 3 is 2.58 bits per heavy atom. The number of nitrogens with zero attached hydrogens (tertiary/aromatic N) is 2. The number of hydrogen-bond donors (Lipinski definition) is 2. The molecule has 0 fully saturated rings. The number of hydrogen-bond acceptors (Lipinski definition) is 4. The van der Waals surface area contributed by atoms with Crippen LogP contribution in [0.5, 0.6) is 5.75 Å². The van der Waals surface area contributed by atoms with Gasteiger partial charge in [0.2, 0.25) is 0 Å². The molecule has 1 heterocycles. The number of benzene rings is 3. The zero-order valence-corrected chi connectivity index (χ0v) is 17.0. The van der Waals surface area contributed by atoms with Gasteiger partial charge in [-0.1, -0.05) is 48.5 Å². The predicted molar refractivity (Wildman–Crippen MR) is 120 cm³/mol. The standard InChI is InChI=1S/C24H22N4O3/c1-31-19-11-7-10-18(14-19)25-24(30)28(15-17-8-3-2-4-9-17)16-22-26-21-13-6-5-12-20(21)23(29)27-22/h2-14H,15-16H2,1H3,(H,25,30)(H,26,27,29). The van der Waals surface area contributed by atoms with E-state index in [0.717, 1.165) is 5.56 Å². The predicted octanol–water partition coefficient (Wildman–Crippen LogP) is 4.17. The second-order valence-electron chi connectivity index (χ2n) is 7.03. The third kappa shape index (κ3) is 4.90. The first-order valence-electron chi connectivity index (χ1n) is 9.84. The molecule has 7 heteroatoms. The first-order chi connectivity index (χ1) is 15.1. The summed E-state index contributed by atoms with van der Waals surface area (Å²) in [6.07, 6.45) is 0. The van der Waals surface area contributed by atoms with Crippen LogP contribution in [0.2, 0.25) is 0 Å². The van der Waals surface area contributed by atoms with Crippen molar-refractivity contribution in [1.82, 2.24) is 14.9 Å². The molecule has 2 N–H and O–H groups in total. The number of nitrogens with one attached hydrogen (secondary N) is 2. The van der Waals surface area contributed by atoms with E-state index in [0.29, 0.717) is 34.7 Å². The highest BCUT2D eigenvalue weighted by molar-refractivity contribution is 5.89. The van der Waals surface area contributed by atoms with Gasteiger partial charge in [0.25, 0.3) is 5.56 Å². The van der Waals surface area contributed by atoms with Crippen LogP contribution in [0.1, 0.15) is 11.4 Å². The van der Waals surface area contributed by atoms with Crippen molar-refractivity contribution in [2.75, 3.05) is 12.4 Å². The molecule has 0 unspecified atom stereocenters. The largest absolute Gasteiger partial charge is 0.497 e. The van der Waals surface area contributed by atoms with Gasteiger partial charge in [0, 0.05) is 18.3 Å². The summed E-state index contributed by atoms with van der Waals surface area (Å²) < 4.78 is 5.23. The summed E-state index contributed by atoms with van der Waals surface area (Å²) in [7, 11) is 1.57. The molecule has 0 radical (unpaired) electrons. The van der Waals surface area contributed by atoms with Crippen LogP contribution < -0.4 is 15.6 Å². The summed E-state index contributed by atoms with van der Waals surface area (Å²) >= 11 is 0. The smallest absolute Gasteiger partial charge is 0.322 e. The lowest BCUT2D eigenvalue weighted by molar-refractivity contribution is 0.205. The lowest BCUT2D eigenvalue weighted by atomic mass is 10.2. The van der Waals surface area contributed by atoms with Crippen molar-refractivity contribution in [3.63, 3.8) is 0 Å². The molecule has 3 aromatic carbocycles. The molecule has 1 aromatic heterocycles. The number of aromatic amines is 1. The van der Waals surface area contributed by atoms with E-state index >= 15 is 0 Å². The Kier molecular flexibility index (Phi) is 5.93. The van der Waals surface area contributed by atoms with Crippen molar-refractivity contribution >= 4 is 22.6 Å². The Labute approximate surface area is 179 Å². The van der Waals surface area contributed by atoms with Crippen LogP contribution in [0, 0.1) is 0 Å². The summed E-state index contributed by atoms with van der Waals surface area (Å²) in [4.78, 5) is 34.5. The fourth-order valence-electron chi connectivity index (χ4n) is 3.30. The summed E-state index contributed by atoms with van der Waals surface area (Å²) in [5, 5.41) is 3.41. The molecule has 31 heavy (non-hydrogen) atoms. The Hall–Kier alpha value is -4.13. The van der Waals surface area contributed by atoms with E-state index in [4.69, 9.17) is 4.74 Å². The fourth-order valence-corrected chi connectivity index (χ4v) is 3.30. The van der Waals surface area contributed by atoms with Gasteiger partial charge in [-0.15, -0.1) is 0 Å². The molecule has 0 atom stereocenters. The number of aromatic nitrogens is 2. The van der Waals surface area contributed by atoms with Crippen molar-refractivity contribution in [3.8, 4) is 5.75 Å². The molecular weight excluding hydrogens is 392 g/mol. The molecule has 4 rings (SSSR count). The van der Waals surface area contributed by atoms with Crippen LogP contribution >= 0.6 is 0 Å². The minimum absolute atomic E-state index is 0.144. The Morgan fingerprint density at radius 1 is 1.00 bits per heavy atom. The minimum Gasteiger partial charge on any atom is -0.497 e. The molecule has 4 aromatic rings. The summed E-state index contributed by atoms with van der Waals surface area (Å²) in [6.45, 7) is 0.498. The number of amides is 2. The lowest BCUT2D eigenvalue weighted by Crippen LogP contribution is -2.35. The number of ether oxygens (including phenoxy) is 1. The molecule has 0 saturated carbocycles. The van der Waals surface area contributed by atoms with Gasteiger partial charge in [0.15, 0.2) is 0 Å². The normalized spacial score (nSPS) is 10.6. The Balaban J connectivity index is 1.62. The molecule has 0 bridgehead atoms. The molecule has 0 aliphatic rings. The number of rotatable bonds is 6. The van der Waals surface area contributed by atoms with Crippen LogP contribution in [0.3, 0.4) is 0 Å². The molecule has 2 amide bonds. The topological polar surface area (TPSA) is 87.3 Å². The maximum atomic E-state index is 13.1. The van der Waals surface area contributed by atoms with Crippen molar-refractivity contribution in [2.24, 2.45) is 0 Å². The number of urea groups is 1. The van der Waals surface area contributed by atoms with Gasteiger partial charge >= 0.3 is 6.03 Å². The van der Waals surface area contributed by atoms with Crippen molar-refractivity contribution in [2.45, 2.75) is 13.1 Å². The van der Waals surface area contributed by atoms with Crippen LogP contribution in [0.4, 0.5) is 10.5 Å². The average Bonchev–Trinajstić information content (AvgIpc) is 2.79. The Morgan fingerprint density at radius 2 is 1.77 bits per heavy atom. The maximum absolute atomic E-state index is 13.1. The SMILES string of the molecule is COc1cccc(NC(=O)N(Cc2ccccc2)Cc2nc3ccccc3c(=O)[nH]2)c1. The van der Waals surface area contributed by atoms with Gasteiger partial charge in [-0.05, 0) is 29.8 Å². The average molecular weight is 414 g/mol. The fraction of sp³-hybridized carbons (Fsp3) is 0.125. The number of H-pyrrole nitrogens is 1. The summed E-state index contributed by atoms with van der Waals surface area (Å²) in [5.74, 6) is 1.06. The van der Waals surface area contributed by atoms with Crippen molar-refractivity contribution in [1.29, 1.82) is 0 Å². The van der Waals surface area contributed by atoms with Gasteiger partial charge in [-0.3, -0.25) is 4.79 Å². The summed E-state index contributed by atoms with van der Waals surface area (Å²) in [5.41, 5.74) is 1.94. The zero-order valence-electron chi connectivity index (χ0n) is 17.0. The first kappa shape index (κ1) is 20.2. The van der Waals surface area contributed by atoms with E-state index in [-0.39, 0.29) is 18.1 Å². The van der Waals surface area contributed by atoms with Crippen LogP contribution in [0.15, 0.2) is 83.7 Å². The van der Waals surface area contributed by atoms with E-state index < -0.39 is 0 Å². The lowest BCUT2D eigenvalue weighted by Gasteiger charge is -2.23. The molecular formula is C24H22N4O3. The zero-order chi connectivity index (χ0) is 21.6. The molecule has 0 saturated heterocycles. The minimum atomic E-state index is -0.312. The Bertz CT molecular complexity index is 1250. The van der Waals surface area contributed by atoms with Crippen molar-refractivity contribution in [3.05, 3.63) is 101 Å². The highest BCUT2D eigenvalue weighted by Gasteiger charge is 2.17. The third-order valence-corrected chi connectivity index (χ3v) is 4.83. The quantitative estimate of drug-likeness (QED) is 0.496. The van der Waals surface area contributed by atoms with E-state index in [1.807, 2.05) is 36.4 Å². The maximum Gasteiger partial charge on any atom is 0.322 e. The van der Waals surface area contributed by atoms with Gasteiger partial charge in [-0.2, -0.15) is 0 Å².